The number of aromatic nitrogens is 2. The number of benzene rings is 1. The number of anilines is 1. The van der Waals surface area contributed by atoms with Gasteiger partial charge < -0.3 is 15.5 Å². The topological polar surface area (TPSA) is 116 Å². The maximum absolute atomic E-state index is 13.2. The summed E-state index contributed by atoms with van der Waals surface area (Å²) in [5, 5.41) is 9.12. The fraction of sp³-hybridized carbons (Fsp3) is 0.435. The summed E-state index contributed by atoms with van der Waals surface area (Å²) < 4.78 is 0. The van der Waals surface area contributed by atoms with Gasteiger partial charge in [-0.1, -0.05) is 39.3 Å². The fourth-order valence-corrected chi connectivity index (χ4v) is 3.55. The summed E-state index contributed by atoms with van der Waals surface area (Å²) in [4.78, 5) is 37.7. The monoisotopic (exact) mass is 422 g/mol. The van der Waals surface area contributed by atoms with Crippen LogP contribution in [0.2, 0.25) is 0 Å². The molecule has 0 aliphatic carbocycles. The number of nitriles is 1. The maximum Gasteiger partial charge on any atom is 0.254 e. The van der Waals surface area contributed by atoms with E-state index in [1.165, 1.54) is 6.20 Å². The summed E-state index contributed by atoms with van der Waals surface area (Å²) in [6.07, 6.45) is 2.93. The standard InChI is InChI=1S/C21H24N6O2.C2H6/c1-3-6-18-21(29)26(4-2)9-10-27(18)20(28)15-8-5-7-14(11-15)17-13-24-19(23)16(12-22)25-17;1-2/h5,7-8,11,13,18H,3-4,6,9-10H2,1-2H3,(H2,23,24);1-2H3. The van der Waals surface area contributed by atoms with Crippen LogP contribution in [0.1, 0.15) is 56.6 Å². The van der Waals surface area contributed by atoms with Gasteiger partial charge in [0, 0.05) is 30.8 Å². The third kappa shape index (κ3) is 5.18. The van der Waals surface area contributed by atoms with E-state index in [4.69, 9.17) is 11.0 Å². The number of carbonyl (C=O) groups excluding carboxylic acids is 2. The second kappa shape index (κ2) is 11.1. The minimum atomic E-state index is -0.439. The Kier molecular flexibility index (Phi) is 8.50. The van der Waals surface area contributed by atoms with Crippen LogP contribution in [0.25, 0.3) is 11.3 Å². The first-order valence-corrected chi connectivity index (χ1v) is 10.7. The molecule has 1 aromatic carbocycles. The summed E-state index contributed by atoms with van der Waals surface area (Å²) in [5.41, 5.74) is 7.27. The molecule has 1 aliphatic rings. The van der Waals surface area contributed by atoms with Gasteiger partial charge in [-0.2, -0.15) is 5.26 Å². The molecule has 1 atom stereocenters. The number of hydrogen-bond acceptors (Lipinski definition) is 6. The van der Waals surface area contributed by atoms with Gasteiger partial charge in [0.25, 0.3) is 5.91 Å². The number of likely N-dealkylation sites (N-methyl/N-ethyl adjacent to an activating group) is 1. The van der Waals surface area contributed by atoms with Crippen molar-refractivity contribution >= 4 is 17.6 Å². The maximum atomic E-state index is 13.2. The Morgan fingerprint density at radius 1 is 1.29 bits per heavy atom. The van der Waals surface area contributed by atoms with Gasteiger partial charge in [0.2, 0.25) is 5.91 Å². The van der Waals surface area contributed by atoms with Gasteiger partial charge in [0.05, 0.1) is 11.9 Å². The Morgan fingerprint density at radius 3 is 2.68 bits per heavy atom. The normalized spacial score (nSPS) is 15.7. The highest BCUT2D eigenvalue weighted by Crippen LogP contribution is 2.23. The van der Waals surface area contributed by atoms with Crippen LogP contribution in [0, 0.1) is 11.3 Å². The predicted octanol–water partition coefficient (Wildman–Crippen LogP) is 3.10. The van der Waals surface area contributed by atoms with Crippen LogP contribution in [0.3, 0.4) is 0 Å². The van der Waals surface area contributed by atoms with Gasteiger partial charge in [0.1, 0.15) is 12.1 Å². The van der Waals surface area contributed by atoms with Crippen molar-refractivity contribution in [1.82, 2.24) is 19.8 Å². The first-order chi connectivity index (χ1) is 15.0. The lowest BCUT2D eigenvalue weighted by Gasteiger charge is -2.40. The Bertz CT molecular complexity index is 969. The van der Waals surface area contributed by atoms with Crippen LogP contribution < -0.4 is 5.73 Å². The molecule has 3 rings (SSSR count). The SMILES string of the molecule is CC.CCCC1C(=O)N(CC)CCN1C(=O)c1cccc(-c2cnc(N)c(C#N)n2)c1. The minimum Gasteiger partial charge on any atom is -0.381 e. The molecule has 0 radical (unpaired) electrons. The van der Waals surface area contributed by atoms with E-state index in [-0.39, 0.29) is 23.3 Å². The number of rotatable bonds is 5. The molecule has 0 bridgehead atoms. The van der Waals surface area contributed by atoms with Crippen molar-refractivity contribution < 1.29 is 9.59 Å². The number of nitrogens with zero attached hydrogens (tertiary/aromatic N) is 5. The van der Waals surface area contributed by atoms with Crippen LogP contribution in [0.15, 0.2) is 30.5 Å². The summed E-state index contributed by atoms with van der Waals surface area (Å²) in [6.45, 7) is 9.65. The molecule has 1 aliphatic heterocycles. The van der Waals surface area contributed by atoms with Crippen LogP contribution in [-0.4, -0.2) is 57.3 Å². The number of nitrogen functional groups attached to an aromatic ring is 1. The van der Waals surface area contributed by atoms with Crippen molar-refractivity contribution in [1.29, 1.82) is 5.26 Å². The molecule has 8 nitrogen and oxygen atoms in total. The zero-order valence-corrected chi connectivity index (χ0v) is 18.6. The van der Waals surface area contributed by atoms with Crippen molar-refractivity contribution in [3.63, 3.8) is 0 Å². The third-order valence-corrected chi connectivity index (χ3v) is 5.10. The molecule has 0 spiro atoms. The van der Waals surface area contributed by atoms with Gasteiger partial charge in [-0.15, -0.1) is 0 Å². The molecule has 2 aromatic rings. The lowest BCUT2D eigenvalue weighted by Crippen LogP contribution is -2.58. The lowest BCUT2D eigenvalue weighted by molar-refractivity contribution is -0.140. The largest absolute Gasteiger partial charge is 0.381 e. The second-order valence-electron chi connectivity index (χ2n) is 6.90. The lowest BCUT2D eigenvalue weighted by atomic mass is 10.0. The van der Waals surface area contributed by atoms with E-state index >= 15 is 0 Å². The summed E-state index contributed by atoms with van der Waals surface area (Å²) in [7, 11) is 0. The molecule has 1 saturated heterocycles. The van der Waals surface area contributed by atoms with E-state index in [0.717, 1.165) is 6.42 Å². The molecule has 164 valence electrons. The smallest absolute Gasteiger partial charge is 0.254 e. The van der Waals surface area contributed by atoms with Crippen LogP contribution in [0.4, 0.5) is 5.82 Å². The third-order valence-electron chi connectivity index (χ3n) is 5.10. The van der Waals surface area contributed by atoms with E-state index in [0.29, 0.717) is 42.9 Å². The Morgan fingerprint density at radius 2 is 2.03 bits per heavy atom. The van der Waals surface area contributed by atoms with Gasteiger partial charge in [-0.25, -0.2) is 9.97 Å². The van der Waals surface area contributed by atoms with Crippen molar-refractivity contribution in [3.05, 3.63) is 41.7 Å². The minimum absolute atomic E-state index is 0.00756. The van der Waals surface area contributed by atoms with Crippen molar-refractivity contribution in [2.24, 2.45) is 0 Å². The average Bonchev–Trinajstić information content (AvgIpc) is 2.81. The van der Waals surface area contributed by atoms with Crippen molar-refractivity contribution in [2.45, 2.75) is 46.6 Å². The van der Waals surface area contributed by atoms with Gasteiger partial charge in [-0.05, 0) is 25.5 Å². The van der Waals surface area contributed by atoms with E-state index in [2.05, 4.69) is 9.97 Å². The van der Waals surface area contributed by atoms with Crippen molar-refractivity contribution in [3.8, 4) is 17.3 Å². The molecule has 2 amide bonds. The van der Waals surface area contributed by atoms with Gasteiger partial charge >= 0.3 is 0 Å². The molecule has 0 saturated carbocycles. The molecule has 1 unspecified atom stereocenters. The predicted molar refractivity (Wildman–Crippen MR) is 120 cm³/mol. The molecule has 2 heterocycles. The Balaban J connectivity index is 0.00000166. The summed E-state index contributed by atoms with van der Waals surface area (Å²) >= 11 is 0. The van der Waals surface area contributed by atoms with Crippen LogP contribution in [-0.2, 0) is 4.79 Å². The fourth-order valence-electron chi connectivity index (χ4n) is 3.55. The number of piperazine rings is 1. The Labute approximate surface area is 183 Å². The first-order valence-electron chi connectivity index (χ1n) is 10.7. The second-order valence-corrected chi connectivity index (χ2v) is 6.90. The van der Waals surface area contributed by atoms with E-state index in [1.54, 1.807) is 34.1 Å². The molecular weight excluding hydrogens is 392 g/mol. The van der Waals surface area contributed by atoms with E-state index in [9.17, 15) is 9.59 Å². The van der Waals surface area contributed by atoms with Gasteiger partial charge in [-0.3, -0.25) is 9.59 Å². The highest BCUT2D eigenvalue weighted by Gasteiger charge is 2.36. The molecule has 31 heavy (non-hydrogen) atoms. The molecule has 1 aromatic heterocycles. The van der Waals surface area contributed by atoms with Crippen LogP contribution in [0.5, 0.6) is 0 Å². The van der Waals surface area contributed by atoms with Crippen molar-refractivity contribution in [2.75, 3.05) is 25.4 Å². The molecule has 2 N–H and O–H groups in total. The van der Waals surface area contributed by atoms with Crippen LogP contribution >= 0.6 is 0 Å². The Hall–Kier alpha value is -3.47. The number of hydrogen-bond donors (Lipinski definition) is 1. The zero-order chi connectivity index (χ0) is 23.0. The number of carbonyl (C=O) groups is 2. The molecule has 8 heteroatoms. The molecular formula is C23H30N6O2. The highest BCUT2D eigenvalue weighted by atomic mass is 16.2. The zero-order valence-electron chi connectivity index (χ0n) is 18.6. The number of amides is 2. The first kappa shape index (κ1) is 23.8. The molecule has 1 fully saturated rings. The summed E-state index contributed by atoms with van der Waals surface area (Å²) in [6, 6.07) is 8.46. The average molecular weight is 423 g/mol. The highest BCUT2D eigenvalue weighted by molar-refractivity contribution is 5.99. The van der Waals surface area contributed by atoms with E-state index in [1.807, 2.05) is 33.8 Å². The summed E-state index contributed by atoms with van der Waals surface area (Å²) in [5.74, 6) is -0.107. The number of nitrogens with two attached hydrogens (primary N) is 1. The quantitative estimate of drug-likeness (QED) is 0.791. The van der Waals surface area contributed by atoms with E-state index < -0.39 is 6.04 Å². The van der Waals surface area contributed by atoms with Gasteiger partial charge in [0.15, 0.2) is 11.5 Å².